The summed E-state index contributed by atoms with van der Waals surface area (Å²) in [6.07, 6.45) is 42.6. The van der Waals surface area contributed by atoms with Crippen molar-refractivity contribution in [2.45, 2.75) is 221 Å². The Balaban J connectivity index is 4.87. The Bertz CT molecular complexity index is 399. The molecule has 0 saturated heterocycles. The summed E-state index contributed by atoms with van der Waals surface area (Å²) in [5.74, 6) is 3.01. The third-order valence-electron chi connectivity index (χ3n) is 9.41. The lowest BCUT2D eigenvalue weighted by molar-refractivity contribution is 0.162. The van der Waals surface area contributed by atoms with E-state index in [-0.39, 0.29) is 0 Å². The average molecular weight is 521 g/mol. The molecule has 0 heterocycles. The summed E-state index contributed by atoms with van der Waals surface area (Å²) in [7, 11) is 0. The van der Waals surface area contributed by atoms with E-state index in [9.17, 15) is 0 Å². The summed E-state index contributed by atoms with van der Waals surface area (Å²) in [4.78, 5) is 0. The van der Waals surface area contributed by atoms with Crippen LogP contribution in [0.3, 0.4) is 0 Å². The fourth-order valence-corrected chi connectivity index (χ4v) is 6.86. The van der Waals surface area contributed by atoms with Gasteiger partial charge in [0.25, 0.3) is 0 Å². The molecule has 0 aromatic carbocycles. The molecule has 0 aromatic heterocycles. The van der Waals surface area contributed by atoms with Gasteiger partial charge in [0.1, 0.15) is 0 Å². The standard InChI is InChI=1S/C37H76/c1-6-11-15-18-21-23-26-29-33-36(32-28-25-20-17-13-8-3)37(35(10-5)31-14-9-4)34-30-27-24-22-19-16-12-7-2/h35-37H,6-34H2,1-5H3. The summed E-state index contributed by atoms with van der Waals surface area (Å²) < 4.78 is 0. The molecule has 3 unspecified atom stereocenters. The van der Waals surface area contributed by atoms with Gasteiger partial charge in [-0.15, -0.1) is 0 Å². The smallest absolute Gasteiger partial charge is 0.0358 e. The van der Waals surface area contributed by atoms with Gasteiger partial charge in [-0.05, 0) is 24.2 Å². The van der Waals surface area contributed by atoms with Gasteiger partial charge in [-0.25, -0.2) is 0 Å². The molecule has 0 aliphatic rings. The minimum Gasteiger partial charge on any atom is -0.0654 e. The third kappa shape index (κ3) is 23.6. The molecule has 0 amide bonds. The number of rotatable bonds is 31. The number of hydrogen-bond donors (Lipinski definition) is 0. The molecule has 0 rings (SSSR count). The highest BCUT2D eigenvalue weighted by atomic mass is 14.3. The van der Waals surface area contributed by atoms with E-state index in [0.717, 1.165) is 17.8 Å². The monoisotopic (exact) mass is 521 g/mol. The second-order valence-corrected chi connectivity index (χ2v) is 12.8. The molecule has 0 radical (unpaired) electrons. The quantitative estimate of drug-likeness (QED) is 0.0797. The highest BCUT2D eigenvalue weighted by Crippen LogP contribution is 2.38. The Morgan fingerprint density at radius 3 is 0.919 bits per heavy atom. The van der Waals surface area contributed by atoms with Crippen molar-refractivity contribution in [2.24, 2.45) is 17.8 Å². The summed E-state index contributed by atoms with van der Waals surface area (Å²) in [6, 6.07) is 0. The molecule has 3 atom stereocenters. The first-order valence-electron chi connectivity index (χ1n) is 18.2. The van der Waals surface area contributed by atoms with Crippen molar-refractivity contribution in [3.05, 3.63) is 0 Å². The molecule has 37 heavy (non-hydrogen) atoms. The van der Waals surface area contributed by atoms with Gasteiger partial charge in [-0.3, -0.25) is 0 Å². The third-order valence-corrected chi connectivity index (χ3v) is 9.41. The molecule has 0 nitrogen and oxygen atoms in total. The predicted octanol–water partition coefficient (Wildman–Crippen LogP) is 14.2. The maximum atomic E-state index is 2.51. The first-order valence-corrected chi connectivity index (χ1v) is 18.2. The second kappa shape index (κ2) is 30.5. The molecule has 0 saturated carbocycles. The first kappa shape index (κ1) is 37.0. The summed E-state index contributed by atoms with van der Waals surface area (Å²) in [5, 5.41) is 0. The molecule has 0 aliphatic carbocycles. The maximum absolute atomic E-state index is 2.51. The molecule has 0 fully saturated rings. The SMILES string of the molecule is CCCCCCCCCCC(CCCCCCCC)C(CCCCCCCCCC)C(CC)CCCC. The van der Waals surface area contributed by atoms with Crippen LogP contribution in [0.2, 0.25) is 0 Å². The van der Waals surface area contributed by atoms with Gasteiger partial charge in [-0.1, -0.05) is 214 Å². The van der Waals surface area contributed by atoms with E-state index >= 15 is 0 Å². The van der Waals surface area contributed by atoms with Gasteiger partial charge >= 0.3 is 0 Å². The van der Waals surface area contributed by atoms with E-state index in [1.807, 2.05) is 0 Å². The Kier molecular flexibility index (Phi) is 30.5. The minimum atomic E-state index is 0.989. The van der Waals surface area contributed by atoms with E-state index < -0.39 is 0 Å². The largest absolute Gasteiger partial charge is 0.0654 e. The molecular weight excluding hydrogens is 444 g/mol. The molecule has 0 spiro atoms. The van der Waals surface area contributed by atoms with Crippen molar-refractivity contribution < 1.29 is 0 Å². The number of hydrogen-bond acceptors (Lipinski definition) is 0. The van der Waals surface area contributed by atoms with Gasteiger partial charge < -0.3 is 0 Å². The van der Waals surface area contributed by atoms with Gasteiger partial charge in [0, 0.05) is 0 Å². The van der Waals surface area contributed by atoms with E-state index in [1.165, 1.54) is 186 Å². The zero-order chi connectivity index (χ0) is 27.2. The van der Waals surface area contributed by atoms with E-state index in [1.54, 1.807) is 0 Å². The van der Waals surface area contributed by atoms with Crippen LogP contribution in [0.5, 0.6) is 0 Å². The van der Waals surface area contributed by atoms with Crippen LogP contribution < -0.4 is 0 Å². The van der Waals surface area contributed by atoms with Crippen LogP contribution in [0, 0.1) is 17.8 Å². The normalized spacial score (nSPS) is 14.2. The Hall–Kier alpha value is 0. The Morgan fingerprint density at radius 1 is 0.270 bits per heavy atom. The zero-order valence-corrected chi connectivity index (χ0v) is 27.2. The van der Waals surface area contributed by atoms with Crippen LogP contribution >= 0.6 is 0 Å². The highest BCUT2D eigenvalue weighted by molar-refractivity contribution is 4.78. The highest BCUT2D eigenvalue weighted by Gasteiger charge is 2.27. The zero-order valence-electron chi connectivity index (χ0n) is 27.2. The van der Waals surface area contributed by atoms with Crippen molar-refractivity contribution in [3.8, 4) is 0 Å². The molecule has 0 aromatic rings. The van der Waals surface area contributed by atoms with Crippen LogP contribution in [0.15, 0.2) is 0 Å². The van der Waals surface area contributed by atoms with Crippen molar-refractivity contribution >= 4 is 0 Å². The van der Waals surface area contributed by atoms with Crippen LogP contribution in [0.1, 0.15) is 221 Å². The van der Waals surface area contributed by atoms with Gasteiger partial charge in [0.15, 0.2) is 0 Å². The molecule has 224 valence electrons. The Labute approximate surface area is 238 Å². The summed E-state index contributed by atoms with van der Waals surface area (Å²) in [5.41, 5.74) is 0. The maximum Gasteiger partial charge on any atom is -0.0358 e. The minimum absolute atomic E-state index is 0.989. The van der Waals surface area contributed by atoms with Crippen molar-refractivity contribution in [1.29, 1.82) is 0 Å². The molecule has 0 heteroatoms. The van der Waals surface area contributed by atoms with Gasteiger partial charge in [0.2, 0.25) is 0 Å². The molecule has 0 aliphatic heterocycles. The average Bonchev–Trinajstić information content (AvgIpc) is 2.91. The van der Waals surface area contributed by atoms with Gasteiger partial charge in [0.05, 0.1) is 0 Å². The first-order chi connectivity index (χ1) is 18.2. The lowest BCUT2D eigenvalue weighted by Crippen LogP contribution is -2.24. The van der Waals surface area contributed by atoms with Crippen molar-refractivity contribution in [3.63, 3.8) is 0 Å². The van der Waals surface area contributed by atoms with Crippen LogP contribution in [-0.2, 0) is 0 Å². The second-order valence-electron chi connectivity index (χ2n) is 12.8. The topological polar surface area (TPSA) is 0 Å². The van der Waals surface area contributed by atoms with Crippen LogP contribution in [0.25, 0.3) is 0 Å². The van der Waals surface area contributed by atoms with Crippen molar-refractivity contribution in [2.75, 3.05) is 0 Å². The Morgan fingerprint density at radius 2 is 0.568 bits per heavy atom. The summed E-state index contributed by atoms with van der Waals surface area (Å²) >= 11 is 0. The molecular formula is C37H76. The molecule has 0 N–H and O–H groups in total. The van der Waals surface area contributed by atoms with Gasteiger partial charge in [-0.2, -0.15) is 0 Å². The van der Waals surface area contributed by atoms with E-state index in [2.05, 4.69) is 34.6 Å². The molecule has 0 bridgehead atoms. The predicted molar refractivity (Wildman–Crippen MR) is 173 cm³/mol. The van der Waals surface area contributed by atoms with Crippen LogP contribution in [0.4, 0.5) is 0 Å². The fraction of sp³-hybridized carbons (Fsp3) is 1.00. The summed E-state index contributed by atoms with van der Waals surface area (Å²) in [6.45, 7) is 11.9. The lowest BCUT2D eigenvalue weighted by Gasteiger charge is -2.34. The van der Waals surface area contributed by atoms with E-state index in [0.29, 0.717) is 0 Å². The number of unbranched alkanes of at least 4 members (excludes halogenated alkanes) is 20. The van der Waals surface area contributed by atoms with Crippen molar-refractivity contribution in [1.82, 2.24) is 0 Å². The lowest BCUT2D eigenvalue weighted by atomic mass is 9.71. The van der Waals surface area contributed by atoms with Crippen LogP contribution in [-0.4, -0.2) is 0 Å². The van der Waals surface area contributed by atoms with E-state index in [4.69, 9.17) is 0 Å². The fourth-order valence-electron chi connectivity index (χ4n) is 6.86.